The van der Waals surface area contributed by atoms with E-state index in [2.05, 4.69) is 30.6 Å². The van der Waals surface area contributed by atoms with Crippen molar-refractivity contribution in [1.29, 1.82) is 0 Å². The van der Waals surface area contributed by atoms with Gasteiger partial charge in [-0.05, 0) is 89.9 Å². The van der Waals surface area contributed by atoms with Crippen LogP contribution in [0.5, 0.6) is 0 Å². The molecule has 0 atom stereocenters. The van der Waals surface area contributed by atoms with Crippen molar-refractivity contribution in [3.8, 4) is 0 Å². The van der Waals surface area contributed by atoms with Gasteiger partial charge in [0.1, 0.15) is 0 Å². The van der Waals surface area contributed by atoms with E-state index < -0.39 is 0 Å². The molecule has 0 unspecified atom stereocenters. The van der Waals surface area contributed by atoms with Gasteiger partial charge in [0.2, 0.25) is 0 Å². The summed E-state index contributed by atoms with van der Waals surface area (Å²) in [5, 5.41) is 0. The summed E-state index contributed by atoms with van der Waals surface area (Å²) in [5.74, 6) is 2.87. The second kappa shape index (κ2) is 9.25. The molecular weight excluding hydrogens is 390 g/mol. The Morgan fingerprint density at radius 2 is 1.38 bits per heavy atom. The van der Waals surface area contributed by atoms with Gasteiger partial charge in [0, 0.05) is 6.04 Å². The van der Waals surface area contributed by atoms with Crippen LogP contribution in [-0.2, 0) is 0 Å². The third kappa shape index (κ3) is 5.06. The zero-order chi connectivity index (χ0) is 17.5. The fourth-order valence-corrected chi connectivity index (χ4v) is 6.37. The first-order valence-corrected chi connectivity index (χ1v) is 11.3. The number of nitrogens with zero attached hydrogens (tertiary/aromatic N) is 2. The summed E-state index contributed by atoms with van der Waals surface area (Å²) >= 11 is 0. The molecule has 4 aliphatic rings. The number of likely N-dealkylation sites (tertiary alicyclic amines) is 2. The first-order valence-electron chi connectivity index (χ1n) is 11.3. The van der Waals surface area contributed by atoms with Crippen LogP contribution >= 0.6 is 0 Å². The zero-order valence-corrected chi connectivity index (χ0v) is 23.1. The molecule has 0 radical (unpaired) electrons. The average Bonchev–Trinajstić information content (AvgIpc) is 2.59. The minimum Gasteiger partial charge on any atom is -0.332 e. The van der Waals surface area contributed by atoms with Gasteiger partial charge in [-0.1, -0.05) is 25.2 Å². The smallest absolute Gasteiger partial charge is 0.332 e. The van der Waals surface area contributed by atoms with Crippen LogP contribution in [0.15, 0.2) is 0 Å². The number of rotatable bonds is 3. The van der Waals surface area contributed by atoms with Crippen LogP contribution in [0, 0.1) is 22.7 Å². The average molecular weight is 431 g/mol. The first kappa shape index (κ1) is 22.4. The van der Waals surface area contributed by atoms with Gasteiger partial charge < -0.3 is 9.80 Å². The largest absolute Gasteiger partial charge is 1.00 e. The van der Waals surface area contributed by atoms with Gasteiger partial charge in [-0.25, -0.2) is 0 Å². The van der Waals surface area contributed by atoms with Crippen LogP contribution in [0.4, 0.5) is 0 Å². The summed E-state index contributed by atoms with van der Waals surface area (Å²) in [6.45, 7) is 13.9. The molecule has 0 aromatic rings. The third-order valence-electron chi connectivity index (χ3n) is 8.54. The Bertz CT molecular complexity index is 429. The Kier molecular flexibility index (Phi) is 7.97. The quantitative estimate of drug-likeness (QED) is 0.633. The van der Waals surface area contributed by atoms with E-state index in [0.29, 0.717) is 0 Å². The molecule has 144 valence electrons. The maximum atomic E-state index is 2.80. The van der Waals surface area contributed by atoms with Gasteiger partial charge in [0.05, 0.1) is 0 Å². The summed E-state index contributed by atoms with van der Waals surface area (Å²) in [4.78, 5) is 5.48. The Balaban J connectivity index is 0.00000196. The minimum atomic E-state index is 0. The van der Waals surface area contributed by atoms with Crippen LogP contribution in [0.25, 0.3) is 0 Å². The van der Waals surface area contributed by atoms with Crippen LogP contribution in [0.3, 0.4) is 0 Å². The summed E-state index contributed by atoms with van der Waals surface area (Å²) in [6.07, 6.45) is 14.8. The van der Waals surface area contributed by atoms with E-state index in [-0.39, 0.29) is 58.2 Å². The molecule has 4 rings (SSSR count). The molecular formula is C23H41N2Rb. The molecule has 2 saturated carbocycles. The molecule has 0 aromatic heterocycles. The molecule has 0 bridgehead atoms. The molecule has 0 N–H and O–H groups in total. The van der Waals surface area contributed by atoms with Gasteiger partial charge in [-0.15, -0.1) is 6.54 Å². The predicted molar refractivity (Wildman–Crippen MR) is 107 cm³/mol. The molecule has 2 aliphatic carbocycles. The van der Waals surface area contributed by atoms with Gasteiger partial charge in [0.15, 0.2) is 0 Å². The maximum absolute atomic E-state index is 2.80. The number of piperidine rings is 2. The van der Waals surface area contributed by atoms with Crippen molar-refractivity contribution in [3.05, 3.63) is 5.92 Å². The van der Waals surface area contributed by atoms with Crippen LogP contribution < -0.4 is 58.2 Å². The second-order valence-corrected chi connectivity index (χ2v) is 10.7. The molecule has 3 heteroatoms. The first-order chi connectivity index (χ1) is 12.0. The van der Waals surface area contributed by atoms with Crippen molar-refractivity contribution in [2.45, 2.75) is 91.0 Å². The van der Waals surface area contributed by atoms with Crippen molar-refractivity contribution in [2.75, 3.05) is 32.7 Å². The second-order valence-electron chi connectivity index (χ2n) is 10.7. The van der Waals surface area contributed by atoms with E-state index in [1.54, 1.807) is 0 Å². The topological polar surface area (TPSA) is 6.48 Å². The Morgan fingerprint density at radius 3 is 1.92 bits per heavy atom. The van der Waals surface area contributed by atoms with Gasteiger partial charge in [-0.2, -0.15) is 12.8 Å². The van der Waals surface area contributed by atoms with E-state index in [4.69, 9.17) is 0 Å². The number of hydrogen-bond acceptors (Lipinski definition) is 2. The zero-order valence-electron chi connectivity index (χ0n) is 18.2. The molecule has 2 heterocycles. The SMILES string of the molecule is CC1CCC2(CC1)CCN(C[C-]1CC3(CCN(C(C)C)CC3)C1)CC2.[Rb+]. The van der Waals surface area contributed by atoms with Gasteiger partial charge in [0.25, 0.3) is 0 Å². The third-order valence-corrected chi connectivity index (χ3v) is 8.54. The van der Waals surface area contributed by atoms with E-state index in [0.717, 1.165) is 22.8 Å². The maximum Gasteiger partial charge on any atom is 1.00 e. The van der Waals surface area contributed by atoms with Crippen molar-refractivity contribution in [2.24, 2.45) is 16.7 Å². The molecule has 0 aromatic carbocycles. The molecule has 2 nitrogen and oxygen atoms in total. The molecule has 4 fully saturated rings. The van der Waals surface area contributed by atoms with Crippen LogP contribution in [0.1, 0.15) is 85.0 Å². The van der Waals surface area contributed by atoms with Crippen molar-refractivity contribution in [1.82, 2.24) is 9.80 Å². The van der Waals surface area contributed by atoms with Gasteiger partial charge >= 0.3 is 58.2 Å². The fourth-order valence-electron chi connectivity index (χ4n) is 6.37. The van der Waals surface area contributed by atoms with Crippen molar-refractivity contribution < 1.29 is 58.2 Å². The van der Waals surface area contributed by atoms with E-state index in [1.165, 1.54) is 96.9 Å². The summed E-state index contributed by atoms with van der Waals surface area (Å²) < 4.78 is 0. The monoisotopic (exact) mass is 430 g/mol. The van der Waals surface area contributed by atoms with E-state index >= 15 is 0 Å². The summed E-state index contributed by atoms with van der Waals surface area (Å²) in [7, 11) is 0. The summed E-state index contributed by atoms with van der Waals surface area (Å²) in [6, 6.07) is 0.740. The minimum absolute atomic E-state index is 0. The Labute approximate surface area is 212 Å². The molecule has 2 saturated heterocycles. The van der Waals surface area contributed by atoms with E-state index in [1.807, 2.05) is 5.92 Å². The molecule has 26 heavy (non-hydrogen) atoms. The molecule has 2 spiro atoms. The van der Waals surface area contributed by atoms with Crippen molar-refractivity contribution in [3.63, 3.8) is 0 Å². The standard InChI is InChI=1S/C23H41N2.Rb/c1-19(2)25-14-10-23(11-15-25)16-21(17-23)18-24-12-8-22(9-13-24)6-4-20(3)5-7-22;/h19-20H,4-18H2,1-3H3;/q-1;+1. The molecule has 2 aliphatic heterocycles. The van der Waals surface area contributed by atoms with Crippen LogP contribution in [0.2, 0.25) is 0 Å². The number of hydrogen-bond donors (Lipinski definition) is 0. The van der Waals surface area contributed by atoms with Crippen LogP contribution in [-0.4, -0.2) is 48.6 Å². The fraction of sp³-hybridized carbons (Fsp3) is 0.957. The Morgan fingerprint density at radius 1 is 0.846 bits per heavy atom. The van der Waals surface area contributed by atoms with Crippen molar-refractivity contribution >= 4 is 0 Å². The normalized spacial score (nSPS) is 30.5. The van der Waals surface area contributed by atoms with Gasteiger partial charge in [-0.3, -0.25) is 5.92 Å². The summed E-state index contributed by atoms with van der Waals surface area (Å²) in [5.41, 5.74) is 1.47. The van der Waals surface area contributed by atoms with E-state index in [9.17, 15) is 0 Å². The molecule has 0 amide bonds. The Hall–Kier alpha value is 1.73. The predicted octanol–water partition coefficient (Wildman–Crippen LogP) is 2.14.